The van der Waals surface area contributed by atoms with Crippen LogP contribution in [-0.4, -0.2) is 31.0 Å². The van der Waals surface area contributed by atoms with E-state index in [1.807, 2.05) is 65.4 Å². The Morgan fingerprint density at radius 2 is 1.90 bits per heavy atom. The number of hydrogen-bond donors (Lipinski definition) is 1. The Morgan fingerprint density at radius 1 is 1.13 bits per heavy atom. The monoisotopic (exact) mass is 478 g/mol. The minimum absolute atomic E-state index is 0.137. The molecule has 0 radical (unpaired) electrons. The molecule has 4 rings (SSSR count). The van der Waals surface area contributed by atoms with Crippen LogP contribution in [0.25, 0.3) is 11.4 Å². The zero-order valence-corrected chi connectivity index (χ0v) is 18.0. The number of amides is 1. The number of halogens is 1. The van der Waals surface area contributed by atoms with Gasteiger partial charge in [0.15, 0.2) is 11.0 Å². The number of nitrogens with zero attached hydrogens (tertiary/aromatic N) is 5. The minimum atomic E-state index is -0.250. The van der Waals surface area contributed by atoms with E-state index in [1.165, 1.54) is 18.0 Å². The summed E-state index contributed by atoms with van der Waals surface area (Å²) < 4.78 is 4.45. The van der Waals surface area contributed by atoms with E-state index in [-0.39, 0.29) is 11.7 Å². The first-order chi connectivity index (χ1) is 14.7. The summed E-state index contributed by atoms with van der Waals surface area (Å²) in [7, 11) is 0. The fourth-order valence-corrected chi connectivity index (χ4v) is 3.85. The third-order valence-electron chi connectivity index (χ3n) is 4.19. The molecule has 0 saturated carbocycles. The summed E-state index contributed by atoms with van der Waals surface area (Å²) in [5.74, 6) is 0.239. The zero-order valence-electron chi connectivity index (χ0n) is 15.6. The third kappa shape index (κ3) is 4.30. The number of nitrogens with one attached hydrogen (secondary N) is 1. The number of nitriles is 1. The normalized spacial score (nSPS) is 10.5. The molecule has 0 bridgehead atoms. The van der Waals surface area contributed by atoms with Crippen LogP contribution in [0, 0.1) is 11.3 Å². The van der Waals surface area contributed by atoms with Gasteiger partial charge >= 0.3 is 0 Å². The Morgan fingerprint density at radius 3 is 2.63 bits per heavy atom. The van der Waals surface area contributed by atoms with Crippen LogP contribution in [0.1, 0.15) is 5.56 Å². The first-order valence-corrected chi connectivity index (χ1v) is 10.7. The van der Waals surface area contributed by atoms with E-state index in [0.717, 1.165) is 15.8 Å². The molecule has 4 aromatic rings. The van der Waals surface area contributed by atoms with E-state index in [4.69, 9.17) is 0 Å². The molecule has 0 aliphatic heterocycles. The van der Waals surface area contributed by atoms with Gasteiger partial charge in [0.05, 0.1) is 17.6 Å². The van der Waals surface area contributed by atoms with Crippen LogP contribution < -0.4 is 5.32 Å². The van der Waals surface area contributed by atoms with E-state index in [1.54, 1.807) is 10.9 Å². The molecule has 30 heavy (non-hydrogen) atoms. The quantitative estimate of drug-likeness (QED) is 0.414. The molecule has 0 fully saturated rings. The van der Waals surface area contributed by atoms with Gasteiger partial charge in [-0.2, -0.15) is 10.4 Å². The smallest absolute Gasteiger partial charge is 0.236 e. The number of carbonyl (C=O) groups excluding carboxylic acids is 1. The van der Waals surface area contributed by atoms with E-state index < -0.39 is 0 Å². The van der Waals surface area contributed by atoms with Crippen molar-refractivity contribution in [3.63, 3.8) is 0 Å². The van der Waals surface area contributed by atoms with Crippen LogP contribution >= 0.6 is 27.7 Å². The van der Waals surface area contributed by atoms with Gasteiger partial charge in [0.1, 0.15) is 11.6 Å². The SMILES string of the molecule is N#Cc1cnn(-c2ccccc2)c1NC(=O)CSc1nccn1-c1ccc(Br)cc1. The van der Waals surface area contributed by atoms with Crippen LogP contribution in [0.15, 0.2) is 82.8 Å². The number of imidazole rings is 1. The Bertz CT molecular complexity index is 1210. The first-order valence-electron chi connectivity index (χ1n) is 8.91. The molecule has 2 aromatic carbocycles. The van der Waals surface area contributed by atoms with Crippen molar-refractivity contribution in [2.45, 2.75) is 5.16 Å². The van der Waals surface area contributed by atoms with Gasteiger partial charge in [-0.05, 0) is 36.4 Å². The number of hydrogen-bond acceptors (Lipinski definition) is 5. The molecule has 0 unspecified atom stereocenters. The average Bonchev–Trinajstić information content (AvgIpc) is 3.40. The standard InChI is InChI=1S/C21H15BrN6OS/c22-16-6-8-17(9-7-16)27-11-10-24-21(27)30-14-19(29)26-20-15(12-23)13-25-28(20)18-4-2-1-3-5-18/h1-11,13H,14H2,(H,26,29). The van der Waals surface area contributed by atoms with Crippen molar-refractivity contribution < 1.29 is 4.79 Å². The summed E-state index contributed by atoms with van der Waals surface area (Å²) in [4.78, 5) is 17.0. The van der Waals surface area contributed by atoms with Gasteiger partial charge in [0.2, 0.25) is 5.91 Å². The molecular formula is C21H15BrN6OS. The fourth-order valence-electron chi connectivity index (χ4n) is 2.81. The summed E-state index contributed by atoms with van der Waals surface area (Å²) >= 11 is 4.74. The highest BCUT2D eigenvalue weighted by molar-refractivity contribution is 9.10. The predicted molar refractivity (Wildman–Crippen MR) is 119 cm³/mol. The minimum Gasteiger partial charge on any atom is -0.309 e. The van der Waals surface area contributed by atoms with Gasteiger partial charge in [0, 0.05) is 22.6 Å². The number of thioether (sulfide) groups is 1. The van der Waals surface area contributed by atoms with Gasteiger partial charge in [0.25, 0.3) is 0 Å². The summed E-state index contributed by atoms with van der Waals surface area (Å²) in [5, 5.41) is 17.1. The highest BCUT2D eigenvalue weighted by atomic mass is 79.9. The number of aromatic nitrogens is 4. The third-order valence-corrected chi connectivity index (χ3v) is 5.69. The fraction of sp³-hybridized carbons (Fsp3) is 0.0476. The molecule has 148 valence electrons. The molecule has 0 spiro atoms. The molecule has 9 heteroatoms. The van der Waals surface area contributed by atoms with Gasteiger partial charge < -0.3 is 5.32 Å². The van der Waals surface area contributed by atoms with Crippen LogP contribution in [0.2, 0.25) is 0 Å². The topological polar surface area (TPSA) is 88.5 Å². The van der Waals surface area contributed by atoms with Crippen molar-refractivity contribution in [2.24, 2.45) is 0 Å². The lowest BCUT2D eigenvalue weighted by Crippen LogP contribution is -2.18. The van der Waals surface area contributed by atoms with E-state index in [2.05, 4.69) is 37.4 Å². The van der Waals surface area contributed by atoms with Crippen molar-refractivity contribution in [3.05, 3.63) is 83.2 Å². The maximum absolute atomic E-state index is 12.6. The van der Waals surface area contributed by atoms with Crippen molar-refractivity contribution in [1.29, 1.82) is 5.26 Å². The average molecular weight is 479 g/mol. The van der Waals surface area contributed by atoms with Crippen molar-refractivity contribution in [2.75, 3.05) is 11.1 Å². The Hall–Kier alpha value is -3.35. The molecule has 0 saturated heterocycles. The number of benzene rings is 2. The largest absolute Gasteiger partial charge is 0.309 e. The first kappa shape index (κ1) is 19.9. The highest BCUT2D eigenvalue weighted by Crippen LogP contribution is 2.23. The number of rotatable bonds is 6. The van der Waals surface area contributed by atoms with Crippen molar-refractivity contribution in [3.8, 4) is 17.4 Å². The Labute approximate surface area is 185 Å². The Balaban J connectivity index is 1.49. The number of carbonyl (C=O) groups is 1. The molecule has 2 heterocycles. The lowest BCUT2D eigenvalue weighted by molar-refractivity contribution is -0.113. The summed E-state index contributed by atoms with van der Waals surface area (Å²) in [6.07, 6.45) is 4.98. The molecule has 1 amide bonds. The molecular weight excluding hydrogens is 464 g/mol. The van der Waals surface area contributed by atoms with Gasteiger partial charge in [-0.1, -0.05) is 45.9 Å². The predicted octanol–water partition coefficient (Wildman–Crippen LogP) is 4.42. The lowest BCUT2D eigenvalue weighted by Gasteiger charge is -2.10. The molecule has 0 atom stereocenters. The second-order valence-corrected chi connectivity index (χ2v) is 8.02. The molecule has 1 N–H and O–H groups in total. The van der Waals surface area contributed by atoms with Gasteiger partial charge in [-0.3, -0.25) is 9.36 Å². The van der Waals surface area contributed by atoms with Crippen molar-refractivity contribution in [1.82, 2.24) is 19.3 Å². The van der Waals surface area contributed by atoms with E-state index >= 15 is 0 Å². The van der Waals surface area contributed by atoms with Gasteiger partial charge in [-0.25, -0.2) is 9.67 Å². The van der Waals surface area contributed by atoms with E-state index in [9.17, 15) is 10.1 Å². The van der Waals surface area contributed by atoms with Crippen LogP contribution in [0.3, 0.4) is 0 Å². The molecule has 0 aliphatic rings. The van der Waals surface area contributed by atoms with Crippen LogP contribution in [-0.2, 0) is 4.79 Å². The highest BCUT2D eigenvalue weighted by Gasteiger charge is 2.16. The zero-order chi connectivity index (χ0) is 20.9. The summed E-state index contributed by atoms with van der Waals surface area (Å²) in [6.45, 7) is 0. The second kappa shape index (κ2) is 8.98. The van der Waals surface area contributed by atoms with E-state index in [0.29, 0.717) is 16.5 Å². The van der Waals surface area contributed by atoms with Crippen molar-refractivity contribution >= 4 is 39.4 Å². The summed E-state index contributed by atoms with van der Waals surface area (Å²) in [5.41, 5.74) is 2.01. The molecule has 7 nitrogen and oxygen atoms in total. The van der Waals surface area contributed by atoms with Crippen LogP contribution in [0.5, 0.6) is 0 Å². The lowest BCUT2D eigenvalue weighted by atomic mass is 10.3. The maximum Gasteiger partial charge on any atom is 0.236 e. The molecule has 0 aliphatic carbocycles. The molecule has 2 aromatic heterocycles. The van der Waals surface area contributed by atoms with Gasteiger partial charge in [-0.15, -0.1) is 0 Å². The van der Waals surface area contributed by atoms with Crippen LogP contribution in [0.4, 0.5) is 5.82 Å². The summed E-state index contributed by atoms with van der Waals surface area (Å²) in [6, 6.07) is 19.2. The maximum atomic E-state index is 12.6. The Kier molecular flexibility index (Phi) is 5.97. The second-order valence-electron chi connectivity index (χ2n) is 6.16. The number of para-hydroxylation sites is 1. The number of anilines is 1.